The number of rotatable bonds is 8. The van der Waals surface area contributed by atoms with Crippen LogP contribution in [0.15, 0.2) is 16.3 Å². The van der Waals surface area contributed by atoms with E-state index < -0.39 is 10.0 Å². The summed E-state index contributed by atoms with van der Waals surface area (Å²) >= 11 is 1.22. The van der Waals surface area contributed by atoms with E-state index in [1.165, 1.54) is 15.6 Å². The molecule has 1 aromatic rings. The molecule has 0 saturated carbocycles. The van der Waals surface area contributed by atoms with E-state index in [4.69, 9.17) is 0 Å². The van der Waals surface area contributed by atoms with Crippen LogP contribution in [0.2, 0.25) is 0 Å². The van der Waals surface area contributed by atoms with Gasteiger partial charge in [-0.2, -0.15) is 4.31 Å². The molecule has 1 aliphatic rings. The molecule has 1 aromatic heterocycles. The van der Waals surface area contributed by atoms with Crippen molar-refractivity contribution in [3.8, 4) is 0 Å². The minimum Gasteiger partial charge on any atom is -0.351 e. The second kappa shape index (κ2) is 7.74. The van der Waals surface area contributed by atoms with Crippen molar-refractivity contribution in [2.75, 3.05) is 26.2 Å². The van der Waals surface area contributed by atoms with Gasteiger partial charge in [0.05, 0.1) is 6.54 Å². The molecule has 1 unspecified atom stereocenters. The van der Waals surface area contributed by atoms with Crippen LogP contribution >= 0.6 is 11.3 Å². The van der Waals surface area contributed by atoms with Crippen LogP contribution in [-0.2, 0) is 21.4 Å². The predicted octanol–water partition coefficient (Wildman–Crippen LogP) is 1.25. The predicted molar refractivity (Wildman–Crippen MR) is 91.8 cm³/mol. The highest BCUT2D eigenvalue weighted by Crippen LogP contribution is 2.25. The Morgan fingerprint density at radius 1 is 1.39 bits per heavy atom. The third-order valence-corrected chi connectivity index (χ3v) is 7.91. The zero-order chi connectivity index (χ0) is 17.0. The van der Waals surface area contributed by atoms with Crippen molar-refractivity contribution in [1.29, 1.82) is 0 Å². The summed E-state index contributed by atoms with van der Waals surface area (Å²) in [5, 5.41) is 6.07. The van der Waals surface area contributed by atoms with Crippen LogP contribution < -0.4 is 10.6 Å². The molecule has 1 fully saturated rings. The Balaban J connectivity index is 1.95. The third kappa shape index (κ3) is 4.12. The molecule has 0 aromatic carbocycles. The molecule has 0 aliphatic carbocycles. The van der Waals surface area contributed by atoms with Crippen molar-refractivity contribution in [3.05, 3.63) is 17.0 Å². The van der Waals surface area contributed by atoms with Gasteiger partial charge in [0.1, 0.15) is 4.21 Å². The molecule has 1 atom stereocenters. The molecule has 1 amide bonds. The van der Waals surface area contributed by atoms with Crippen molar-refractivity contribution < 1.29 is 13.2 Å². The smallest absolute Gasteiger partial charge is 0.252 e. The third-order valence-electron chi connectivity index (χ3n) is 4.31. The van der Waals surface area contributed by atoms with Crippen LogP contribution in [0.3, 0.4) is 0 Å². The van der Waals surface area contributed by atoms with Crippen LogP contribution in [0.4, 0.5) is 0 Å². The van der Waals surface area contributed by atoms with Gasteiger partial charge >= 0.3 is 0 Å². The average Bonchev–Trinajstić information content (AvgIpc) is 2.93. The second-order valence-corrected chi connectivity index (χ2v) is 9.07. The van der Waals surface area contributed by atoms with Gasteiger partial charge in [0.2, 0.25) is 5.91 Å². The van der Waals surface area contributed by atoms with Crippen molar-refractivity contribution in [3.63, 3.8) is 0 Å². The lowest BCUT2D eigenvalue weighted by atomic mass is 9.88. The number of sulfonamides is 1. The SMILES string of the molecule is CCN(CC)S(=O)(=O)c1ccc(CNC(=O)C(C)C2CNC2)s1. The van der Waals surface area contributed by atoms with Gasteiger partial charge in [0, 0.05) is 23.9 Å². The number of thiophene rings is 1. The summed E-state index contributed by atoms with van der Waals surface area (Å²) in [7, 11) is -3.41. The summed E-state index contributed by atoms with van der Waals surface area (Å²) in [4.78, 5) is 12.9. The summed E-state index contributed by atoms with van der Waals surface area (Å²) in [5.41, 5.74) is 0. The Hall–Kier alpha value is -0.960. The van der Waals surface area contributed by atoms with Gasteiger partial charge in [-0.15, -0.1) is 11.3 Å². The Kier molecular flexibility index (Phi) is 6.19. The highest BCUT2D eigenvalue weighted by atomic mass is 32.2. The van der Waals surface area contributed by atoms with Gasteiger partial charge in [-0.1, -0.05) is 20.8 Å². The molecular formula is C15H25N3O3S2. The van der Waals surface area contributed by atoms with Gasteiger partial charge in [-0.3, -0.25) is 4.79 Å². The quantitative estimate of drug-likeness (QED) is 0.732. The maximum atomic E-state index is 12.4. The monoisotopic (exact) mass is 359 g/mol. The molecule has 1 aliphatic heterocycles. The van der Waals surface area contributed by atoms with Crippen LogP contribution in [0.1, 0.15) is 25.6 Å². The normalized spacial score (nSPS) is 17.0. The molecule has 2 heterocycles. The fourth-order valence-corrected chi connectivity index (χ4v) is 5.40. The molecule has 0 spiro atoms. The summed E-state index contributed by atoms with van der Waals surface area (Å²) < 4.78 is 26.6. The van der Waals surface area contributed by atoms with Gasteiger partial charge < -0.3 is 10.6 Å². The first-order valence-corrected chi connectivity index (χ1v) is 10.2. The van der Waals surface area contributed by atoms with Gasteiger partial charge in [-0.25, -0.2) is 8.42 Å². The number of nitrogens with zero attached hydrogens (tertiary/aromatic N) is 1. The maximum absolute atomic E-state index is 12.4. The first kappa shape index (κ1) is 18.4. The van der Waals surface area contributed by atoms with E-state index in [-0.39, 0.29) is 11.8 Å². The summed E-state index contributed by atoms with van der Waals surface area (Å²) in [5.74, 6) is 0.407. The van der Waals surface area contributed by atoms with E-state index in [1.807, 2.05) is 20.8 Å². The lowest BCUT2D eigenvalue weighted by Gasteiger charge is -2.31. The largest absolute Gasteiger partial charge is 0.351 e. The summed E-state index contributed by atoms with van der Waals surface area (Å²) in [6, 6.07) is 3.40. The van der Waals surface area contributed by atoms with Crippen molar-refractivity contribution in [1.82, 2.24) is 14.9 Å². The van der Waals surface area contributed by atoms with Crippen LogP contribution in [0, 0.1) is 11.8 Å². The van der Waals surface area contributed by atoms with E-state index in [0.717, 1.165) is 18.0 Å². The Morgan fingerprint density at radius 2 is 2.04 bits per heavy atom. The Bertz CT molecular complexity index is 634. The summed E-state index contributed by atoms with van der Waals surface area (Å²) in [6.45, 7) is 8.65. The van der Waals surface area contributed by atoms with Gasteiger partial charge in [-0.05, 0) is 31.1 Å². The molecule has 0 radical (unpaired) electrons. The highest BCUT2D eigenvalue weighted by Gasteiger charge is 2.28. The molecule has 8 heteroatoms. The lowest BCUT2D eigenvalue weighted by Crippen LogP contribution is -2.49. The number of nitrogens with one attached hydrogen (secondary N) is 2. The zero-order valence-corrected chi connectivity index (χ0v) is 15.5. The highest BCUT2D eigenvalue weighted by molar-refractivity contribution is 7.91. The first-order valence-electron chi connectivity index (χ1n) is 7.97. The summed E-state index contributed by atoms with van der Waals surface area (Å²) in [6.07, 6.45) is 0. The standard InChI is InChI=1S/C15H25N3O3S2/c1-4-18(5-2)23(20,21)14-7-6-13(22-14)10-17-15(19)11(3)12-8-16-9-12/h6-7,11-12,16H,4-5,8-10H2,1-3H3,(H,17,19). The Labute approximate surface area is 142 Å². The van der Waals surface area contributed by atoms with Crippen LogP contribution in [-0.4, -0.2) is 44.8 Å². The lowest BCUT2D eigenvalue weighted by molar-refractivity contribution is -0.126. The molecule has 130 valence electrons. The molecule has 6 nitrogen and oxygen atoms in total. The van der Waals surface area contributed by atoms with Crippen LogP contribution in [0.25, 0.3) is 0 Å². The number of hydrogen-bond acceptors (Lipinski definition) is 5. The maximum Gasteiger partial charge on any atom is 0.252 e. The minimum atomic E-state index is -3.41. The van der Waals surface area contributed by atoms with E-state index in [0.29, 0.717) is 29.8 Å². The minimum absolute atomic E-state index is 0.0184. The van der Waals surface area contributed by atoms with Crippen molar-refractivity contribution >= 4 is 27.3 Å². The molecular weight excluding hydrogens is 334 g/mol. The van der Waals surface area contributed by atoms with E-state index in [9.17, 15) is 13.2 Å². The fourth-order valence-electron chi connectivity index (χ4n) is 2.50. The van der Waals surface area contributed by atoms with Gasteiger partial charge in [0.25, 0.3) is 10.0 Å². The Morgan fingerprint density at radius 3 is 2.57 bits per heavy atom. The topological polar surface area (TPSA) is 78.5 Å². The number of carbonyl (C=O) groups is 1. The molecule has 0 bridgehead atoms. The number of carbonyl (C=O) groups excluding carboxylic acids is 1. The van der Waals surface area contributed by atoms with Crippen molar-refractivity contribution in [2.45, 2.75) is 31.5 Å². The fraction of sp³-hybridized carbons (Fsp3) is 0.667. The first-order chi connectivity index (χ1) is 10.9. The average molecular weight is 360 g/mol. The van der Waals surface area contributed by atoms with Crippen LogP contribution in [0.5, 0.6) is 0 Å². The number of hydrogen-bond donors (Lipinski definition) is 2. The van der Waals surface area contributed by atoms with E-state index in [1.54, 1.807) is 12.1 Å². The van der Waals surface area contributed by atoms with Gasteiger partial charge in [0.15, 0.2) is 0 Å². The van der Waals surface area contributed by atoms with E-state index >= 15 is 0 Å². The zero-order valence-electron chi connectivity index (χ0n) is 13.8. The molecule has 23 heavy (non-hydrogen) atoms. The van der Waals surface area contributed by atoms with E-state index in [2.05, 4.69) is 10.6 Å². The molecule has 2 rings (SSSR count). The number of amides is 1. The van der Waals surface area contributed by atoms with Crippen molar-refractivity contribution in [2.24, 2.45) is 11.8 Å². The molecule has 2 N–H and O–H groups in total. The second-order valence-electron chi connectivity index (χ2n) is 5.73. The molecule has 1 saturated heterocycles.